The van der Waals surface area contributed by atoms with Crippen LogP contribution in [0.3, 0.4) is 0 Å². The summed E-state index contributed by atoms with van der Waals surface area (Å²) in [6, 6.07) is 12.8. The van der Waals surface area contributed by atoms with Gasteiger partial charge in [0.2, 0.25) is 0 Å². The van der Waals surface area contributed by atoms with Crippen LogP contribution in [0.1, 0.15) is 29.9 Å². The van der Waals surface area contributed by atoms with Crippen molar-refractivity contribution in [1.29, 1.82) is 0 Å². The molecule has 1 fully saturated rings. The number of nitrogens with zero attached hydrogens (tertiary/aromatic N) is 3. The lowest BCUT2D eigenvalue weighted by atomic mass is 9.90. The zero-order chi connectivity index (χ0) is 18.3. The van der Waals surface area contributed by atoms with E-state index in [-0.39, 0.29) is 11.4 Å². The molecule has 0 saturated carbocycles. The molecule has 2 amide bonds. The third-order valence-electron chi connectivity index (χ3n) is 4.95. The van der Waals surface area contributed by atoms with Crippen molar-refractivity contribution in [3.63, 3.8) is 0 Å². The normalized spacial score (nSPS) is 18.7. The number of alkyl halides is 3. The molecule has 2 aliphatic heterocycles. The monoisotopic (exact) mass is 360 g/mol. The van der Waals surface area contributed by atoms with Crippen LogP contribution in [0.4, 0.5) is 29.3 Å². The fraction of sp³-hybridized carbons (Fsp3) is 0.316. The molecule has 0 aliphatic carbocycles. The summed E-state index contributed by atoms with van der Waals surface area (Å²) in [5.74, 6) is 0.392. The van der Waals surface area contributed by atoms with Crippen molar-refractivity contribution in [3.8, 4) is 0 Å². The molecule has 4 nitrogen and oxygen atoms in total. The van der Waals surface area contributed by atoms with Crippen LogP contribution in [-0.2, 0) is 6.18 Å². The van der Waals surface area contributed by atoms with E-state index in [4.69, 9.17) is 0 Å². The van der Waals surface area contributed by atoms with Gasteiger partial charge in [-0.1, -0.05) is 30.3 Å². The summed E-state index contributed by atoms with van der Waals surface area (Å²) in [4.78, 5) is 12.3. The highest BCUT2D eigenvalue weighted by Gasteiger charge is 2.38. The Morgan fingerprint density at radius 3 is 2.35 bits per heavy atom. The summed E-state index contributed by atoms with van der Waals surface area (Å²) >= 11 is 0. The maximum atomic E-state index is 13.0. The molecule has 26 heavy (non-hydrogen) atoms. The van der Waals surface area contributed by atoms with Crippen molar-refractivity contribution in [2.75, 3.05) is 18.1 Å². The quantitative estimate of drug-likeness (QED) is 0.780. The molecule has 1 radical (unpaired) electrons. The zero-order valence-corrected chi connectivity index (χ0v) is 13.9. The number of amides is 2. The number of halogens is 3. The second-order valence-corrected chi connectivity index (χ2v) is 6.55. The highest BCUT2D eigenvalue weighted by molar-refractivity contribution is 6.03. The van der Waals surface area contributed by atoms with Crippen LogP contribution in [0, 0.1) is 0 Å². The van der Waals surface area contributed by atoms with Crippen molar-refractivity contribution in [3.05, 3.63) is 59.7 Å². The Morgan fingerprint density at radius 2 is 1.69 bits per heavy atom. The summed E-state index contributed by atoms with van der Waals surface area (Å²) in [6.45, 7) is 1.19. The lowest BCUT2D eigenvalue weighted by molar-refractivity contribution is -0.137. The molecule has 135 valence electrons. The molecule has 2 aliphatic rings. The van der Waals surface area contributed by atoms with E-state index in [1.54, 1.807) is 5.01 Å². The Labute approximate surface area is 149 Å². The molecule has 0 bridgehead atoms. The molecule has 0 N–H and O–H groups in total. The van der Waals surface area contributed by atoms with Crippen LogP contribution in [0.15, 0.2) is 48.5 Å². The van der Waals surface area contributed by atoms with Crippen molar-refractivity contribution < 1.29 is 18.0 Å². The number of hydrogen-bond acceptors (Lipinski definition) is 2. The van der Waals surface area contributed by atoms with Gasteiger partial charge >= 0.3 is 12.2 Å². The van der Waals surface area contributed by atoms with Gasteiger partial charge in [0, 0.05) is 13.1 Å². The first-order valence-corrected chi connectivity index (χ1v) is 8.50. The third-order valence-corrected chi connectivity index (χ3v) is 4.95. The fourth-order valence-electron chi connectivity index (χ4n) is 3.62. The number of hydrazine groups is 1. The van der Waals surface area contributed by atoms with Gasteiger partial charge in [0.25, 0.3) is 0 Å². The van der Waals surface area contributed by atoms with E-state index < -0.39 is 17.8 Å². The van der Waals surface area contributed by atoms with Crippen molar-refractivity contribution in [2.24, 2.45) is 0 Å². The minimum atomic E-state index is -4.45. The summed E-state index contributed by atoms with van der Waals surface area (Å²) in [5.41, 5.74) is 0.978. The van der Waals surface area contributed by atoms with Crippen LogP contribution >= 0.6 is 0 Å². The number of piperidine rings is 1. The van der Waals surface area contributed by atoms with Gasteiger partial charge < -0.3 is 0 Å². The molecule has 1 saturated heterocycles. The molecule has 2 heterocycles. The van der Waals surface area contributed by atoms with Crippen LogP contribution in [-0.4, -0.2) is 24.1 Å². The molecule has 7 heteroatoms. The number of urea groups is 1. The predicted molar refractivity (Wildman–Crippen MR) is 91.1 cm³/mol. The van der Waals surface area contributed by atoms with Crippen LogP contribution in [0.25, 0.3) is 0 Å². The number of benzene rings is 2. The lowest BCUT2D eigenvalue weighted by Gasteiger charge is -2.37. The number of rotatable bonds is 2. The van der Waals surface area contributed by atoms with E-state index >= 15 is 0 Å². The van der Waals surface area contributed by atoms with E-state index in [1.807, 2.05) is 18.2 Å². The maximum absolute atomic E-state index is 13.0. The second-order valence-electron chi connectivity index (χ2n) is 6.55. The SMILES string of the molecule is O=C1[N]c2ccc(C(F)(F)F)cc2N1N1CCC(c2ccccc2)CC1. The lowest BCUT2D eigenvalue weighted by Crippen LogP contribution is -2.49. The Kier molecular flexibility index (Phi) is 4.11. The molecule has 4 rings (SSSR count). The standard InChI is InChI=1S/C19H17F3N3O/c20-19(21,22)15-6-7-16-17(12-15)25(18(26)23-16)24-10-8-14(9-11-24)13-4-2-1-3-5-13/h1-7,12,14H,8-11H2. The van der Waals surface area contributed by atoms with Crippen LogP contribution in [0.2, 0.25) is 0 Å². The number of carbonyl (C=O) groups excluding carboxylic acids is 1. The highest BCUT2D eigenvalue weighted by Crippen LogP contribution is 2.40. The Balaban J connectivity index is 1.54. The third kappa shape index (κ3) is 3.03. The van der Waals surface area contributed by atoms with E-state index in [0.29, 0.717) is 19.0 Å². The molecule has 0 aromatic heterocycles. The van der Waals surface area contributed by atoms with Gasteiger partial charge in [-0.15, -0.1) is 0 Å². The smallest absolute Gasteiger partial charge is 0.244 e. The fourth-order valence-corrected chi connectivity index (χ4v) is 3.62. The van der Waals surface area contributed by atoms with Crippen LogP contribution < -0.4 is 10.3 Å². The predicted octanol–water partition coefficient (Wildman–Crippen LogP) is 4.68. The van der Waals surface area contributed by atoms with Gasteiger partial charge in [0.1, 0.15) is 0 Å². The summed E-state index contributed by atoms with van der Waals surface area (Å²) in [5, 5.41) is 6.99. The minimum Gasteiger partial charge on any atom is -0.244 e. The molecular formula is C19H17F3N3O. The molecule has 0 unspecified atom stereocenters. The first-order chi connectivity index (χ1) is 12.4. The zero-order valence-electron chi connectivity index (χ0n) is 13.9. The van der Waals surface area contributed by atoms with Crippen molar-refractivity contribution in [2.45, 2.75) is 24.9 Å². The van der Waals surface area contributed by atoms with Gasteiger partial charge in [-0.25, -0.2) is 14.8 Å². The van der Waals surface area contributed by atoms with Crippen molar-refractivity contribution >= 4 is 17.4 Å². The molecule has 2 aromatic carbocycles. The minimum absolute atomic E-state index is 0.211. The number of fused-ring (bicyclic) bond motifs is 1. The van der Waals surface area contributed by atoms with E-state index in [0.717, 1.165) is 25.0 Å². The van der Waals surface area contributed by atoms with Gasteiger partial charge in [0.15, 0.2) is 0 Å². The first-order valence-electron chi connectivity index (χ1n) is 8.50. The molecule has 2 aromatic rings. The number of hydrogen-bond donors (Lipinski definition) is 0. The summed E-state index contributed by atoms with van der Waals surface area (Å²) < 4.78 is 39.0. The Bertz CT molecular complexity index is 815. The van der Waals surface area contributed by atoms with E-state index in [2.05, 4.69) is 17.4 Å². The average Bonchev–Trinajstić information content (AvgIpc) is 2.97. The van der Waals surface area contributed by atoms with Gasteiger partial charge in [-0.05, 0) is 42.5 Å². The van der Waals surface area contributed by atoms with Crippen molar-refractivity contribution in [1.82, 2.24) is 10.3 Å². The Morgan fingerprint density at radius 1 is 1.00 bits per heavy atom. The van der Waals surface area contributed by atoms with E-state index in [1.165, 1.54) is 16.6 Å². The Hall–Kier alpha value is -2.54. The number of carbonyl (C=O) groups is 1. The van der Waals surface area contributed by atoms with Crippen LogP contribution in [0.5, 0.6) is 0 Å². The summed E-state index contributed by atoms with van der Waals surface area (Å²) in [6.07, 6.45) is -2.78. The molecule has 0 spiro atoms. The highest BCUT2D eigenvalue weighted by atomic mass is 19.4. The van der Waals surface area contributed by atoms with Gasteiger partial charge in [-0.3, -0.25) is 0 Å². The molecule has 0 atom stereocenters. The van der Waals surface area contributed by atoms with Gasteiger partial charge in [-0.2, -0.15) is 18.5 Å². The summed E-state index contributed by atoms with van der Waals surface area (Å²) in [7, 11) is 0. The topological polar surface area (TPSA) is 37.7 Å². The van der Waals surface area contributed by atoms with Gasteiger partial charge in [0.05, 0.1) is 16.9 Å². The number of anilines is 1. The average molecular weight is 360 g/mol. The molecular weight excluding hydrogens is 343 g/mol. The second kappa shape index (κ2) is 6.32. The first kappa shape index (κ1) is 16.9. The largest absolute Gasteiger partial charge is 0.416 e. The maximum Gasteiger partial charge on any atom is 0.416 e. The van der Waals surface area contributed by atoms with E-state index in [9.17, 15) is 18.0 Å².